The van der Waals surface area contributed by atoms with Crippen molar-refractivity contribution in [3.05, 3.63) is 35.9 Å². The van der Waals surface area contributed by atoms with Gasteiger partial charge in [0.2, 0.25) is 5.67 Å². The molecule has 18 heavy (non-hydrogen) atoms. The Balaban J connectivity index is 2.54. The molecule has 0 bridgehead atoms. The molecule has 1 aliphatic heterocycles. The average molecular weight is 267 g/mol. The van der Waals surface area contributed by atoms with Crippen LogP contribution in [-0.4, -0.2) is 30.7 Å². The number of hydrogen-bond acceptors (Lipinski definition) is 2. The van der Waals surface area contributed by atoms with Crippen LogP contribution in [-0.2, 0) is 10.5 Å². The molecule has 2 rings (SSSR count). The van der Waals surface area contributed by atoms with Crippen molar-refractivity contribution in [2.24, 2.45) is 0 Å². The molecular formula is C11H10F5NO. The monoisotopic (exact) mass is 267 g/mol. The van der Waals surface area contributed by atoms with Crippen molar-refractivity contribution in [2.75, 3.05) is 13.6 Å². The van der Waals surface area contributed by atoms with Crippen LogP contribution in [0.15, 0.2) is 30.3 Å². The van der Waals surface area contributed by atoms with Crippen LogP contribution in [0.4, 0.5) is 22.0 Å². The molecule has 0 unspecified atom stereocenters. The molecule has 0 N–H and O–H groups in total. The van der Waals surface area contributed by atoms with Crippen LogP contribution in [0.5, 0.6) is 0 Å². The second-order valence-corrected chi connectivity index (χ2v) is 4.14. The molecule has 0 aliphatic carbocycles. The van der Waals surface area contributed by atoms with Crippen molar-refractivity contribution >= 4 is 0 Å². The fourth-order valence-electron chi connectivity index (χ4n) is 1.98. The SMILES string of the molecule is CN1C[C@](F)(c2ccccc2)[C@@](F)(C(F)(F)F)O1. The van der Waals surface area contributed by atoms with Gasteiger partial charge in [0.25, 0.3) is 0 Å². The first-order chi connectivity index (χ1) is 8.21. The van der Waals surface area contributed by atoms with E-state index in [-0.39, 0.29) is 0 Å². The van der Waals surface area contributed by atoms with E-state index in [4.69, 9.17) is 0 Å². The zero-order valence-corrected chi connectivity index (χ0v) is 9.34. The number of nitrogens with zero attached hydrogens (tertiary/aromatic N) is 1. The summed E-state index contributed by atoms with van der Waals surface area (Å²) in [5, 5.41) is 0.514. The van der Waals surface area contributed by atoms with Gasteiger partial charge in [0.05, 0.1) is 6.54 Å². The van der Waals surface area contributed by atoms with E-state index in [0.717, 1.165) is 19.2 Å². The van der Waals surface area contributed by atoms with E-state index < -0.39 is 29.8 Å². The molecule has 0 spiro atoms. The highest BCUT2D eigenvalue weighted by Gasteiger charge is 2.76. The van der Waals surface area contributed by atoms with Crippen molar-refractivity contribution in [2.45, 2.75) is 17.7 Å². The normalized spacial score (nSPS) is 33.9. The van der Waals surface area contributed by atoms with Gasteiger partial charge in [-0.25, -0.2) is 9.23 Å². The smallest absolute Gasteiger partial charge is 0.246 e. The van der Waals surface area contributed by atoms with Gasteiger partial charge in [0.15, 0.2) is 0 Å². The zero-order chi connectivity index (χ0) is 13.6. The third-order valence-electron chi connectivity index (χ3n) is 2.83. The summed E-state index contributed by atoms with van der Waals surface area (Å²) in [6.45, 7) is -0.840. The molecule has 0 amide bonds. The summed E-state index contributed by atoms with van der Waals surface area (Å²) in [5.74, 6) is -4.38. The molecule has 0 aromatic heterocycles. The lowest BCUT2D eigenvalue weighted by molar-refractivity contribution is -0.387. The number of likely N-dealkylation sites (N-methyl/N-ethyl adjacent to an activating group) is 1. The van der Waals surface area contributed by atoms with E-state index in [1.165, 1.54) is 18.2 Å². The van der Waals surface area contributed by atoms with Gasteiger partial charge in [-0.15, -0.1) is 0 Å². The largest absolute Gasteiger partial charge is 0.453 e. The lowest BCUT2D eigenvalue weighted by atomic mass is 9.88. The summed E-state index contributed by atoms with van der Waals surface area (Å²) >= 11 is 0. The van der Waals surface area contributed by atoms with Crippen LogP contribution in [0.2, 0.25) is 0 Å². The molecule has 1 aromatic rings. The highest BCUT2D eigenvalue weighted by molar-refractivity contribution is 5.28. The van der Waals surface area contributed by atoms with Crippen molar-refractivity contribution in [3.63, 3.8) is 0 Å². The van der Waals surface area contributed by atoms with Gasteiger partial charge in [-0.2, -0.15) is 22.6 Å². The minimum absolute atomic E-state index is 0.408. The molecule has 0 radical (unpaired) electrons. The number of halogens is 5. The topological polar surface area (TPSA) is 12.5 Å². The predicted molar refractivity (Wildman–Crippen MR) is 52.8 cm³/mol. The molecule has 1 heterocycles. The highest BCUT2D eigenvalue weighted by atomic mass is 19.4. The number of hydroxylamine groups is 2. The Morgan fingerprint density at radius 1 is 1.17 bits per heavy atom. The standard InChI is InChI=1S/C11H10F5NO/c1-17-7-9(12,8-5-3-2-4-6-8)10(13,18-17)11(14,15)16/h2-6H,7H2,1H3/t9-,10-/m0/s1. The molecule has 2 nitrogen and oxygen atoms in total. The second-order valence-electron chi connectivity index (χ2n) is 4.14. The van der Waals surface area contributed by atoms with Gasteiger partial charge in [-0.1, -0.05) is 30.3 Å². The Bertz CT molecular complexity index is 437. The predicted octanol–water partition coefficient (Wildman–Crippen LogP) is 2.96. The van der Waals surface area contributed by atoms with E-state index in [1.807, 2.05) is 0 Å². The van der Waals surface area contributed by atoms with E-state index in [0.29, 0.717) is 5.06 Å². The van der Waals surface area contributed by atoms with Crippen LogP contribution >= 0.6 is 0 Å². The van der Waals surface area contributed by atoms with Crippen LogP contribution in [0, 0.1) is 0 Å². The molecular weight excluding hydrogens is 257 g/mol. The van der Waals surface area contributed by atoms with Crippen molar-refractivity contribution in [3.8, 4) is 0 Å². The van der Waals surface area contributed by atoms with Gasteiger partial charge >= 0.3 is 12.0 Å². The van der Waals surface area contributed by atoms with Crippen LogP contribution in [0.1, 0.15) is 5.56 Å². The van der Waals surface area contributed by atoms with Gasteiger partial charge in [-0.05, 0) is 5.56 Å². The Morgan fingerprint density at radius 2 is 1.72 bits per heavy atom. The molecule has 1 aliphatic rings. The van der Waals surface area contributed by atoms with Gasteiger partial charge in [-0.3, -0.25) is 0 Å². The van der Waals surface area contributed by atoms with E-state index >= 15 is 0 Å². The van der Waals surface area contributed by atoms with E-state index in [9.17, 15) is 22.0 Å². The Morgan fingerprint density at radius 3 is 2.22 bits per heavy atom. The summed E-state index contributed by atoms with van der Waals surface area (Å²) in [4.78, 5) is 4.05. The Kier molecular flexibility index (Phi) is 2.86. The summed E-state index contributed by atoms with van der Waals surface area (Å²) in [7, 11) is 1.05. The van der Waals surface area contributed by atoms with Gasteiger partial charge in [0, 0.05) is 7.05 Å². The maximum absolute atomic E-state index is 14.6. The molecule has 100 valence electrons. The first kappa shape index (κ1) is 13.2. The Hall–Kier alpha value is -1.21. The Labute approximate surface area is 99.9 Å². The molecule has 0 saturated carbocycles. The number of rotatable bonds is 1. The first-order valence-corrected chi connectivity index (χ1v) is 5.11. The lowest BCUT2D eigenvalue weighted by Gasteiger charge is -2.32. The highest BCUT2D eigenvalue weighted by Crippen LogP contribution is 2.54. The summed E-state index contributed by atoms with van der Waals surface area (Å²) < 4.78 is 66.8. The first-order valence-electron chi connectivity index (χ1n) is 5.11. The molecule has 1 aromatic carbocycles. The third-order valence-corrected chi connectivity index (χ3v) is 2.83. The fraction of sp³-hybridized carbons (Fsp3) is 0.455. The van der Waals surface area contributed by atoms with Crippen molar-refractivity contribution in [1.29, 1.82) is 0 Å². The maximum atomic E-state index is 14.6. The number of alkyl halides is 5. The quantitative estimate of drug-likeness (QED) is 0.725. The van der Waals surface area contributed by atoms with Crippen molar-refractivity contribution < 1.29 is 26.8 Å². The summed E-state index contributed by atoms with van der Waals surface area (Å²) in [6, 6.07) is 6.38. The minimum atomic E-state index is -5.47. The minimum Gasteiger partial charge on any atom is -0.246 e. The van der Waals surface area contributed by atoms with Crippen LogP contribution in [0.3, 0.4) is 0 Å². The molecule has 1 fully saturated rings. The summed E-state index contributed by atoms with van der Waals surface area (Å²) in [5.41, 5.74) is -3.70. The molecule has 7 heteroatoms. The summed E-state index contributed by atoms with van der Waals surface area (Å²) in [6.07, 6.45) is -5.47. The van der Waals surface area contributed by atoms with Gasteiger partial charge < -0.3 is 0 Å². The molecule has 1 saturated heterocycles. The fourth-order valence-corrected chi connectivity index (χ4v) is 1.98. The molecule has 2 atom stereocenters. The van der Waals surface area contributed by atoms with E-state index in [1.54, 1.807) is 0 Å². The van der Waals surface area contributed by atoms with Crippen LogP contribution < -0.4 is 0 Å². The third kappa shape index (κ3) is 1.69. The second kappa shape index (κ2) is 3.89. The zero-order valence-electron chi connectivity index (χ0n) is 9.34. The number of benzene rings is 1. The van der Waals surface area contributed by atoms with E-state index in [2.05, 4.69) is 4.84 Å². The maximum Gasteiger partial charge on any atom is 0.453 e. The average Bonchev–Trinajstić information content (AvgIpc) is 2.52. The van der Waals surface area contributed by atoms with Crippen LogP contribution in [0.25, 0.3) is 0 Å². The lowest BCUT2D eigenvalue weighted by Crippen LogP contribution is -2.54. The van der Waals surface area contributed by atoms with Crippen molar-refractivity contribution in [1.82, 2.24) is 5.06 Å². The number of hydrogen-bond donors (Lipinski definition) is 0. The van der Waals surface area contributed by atoms with Gasteiger partial charge in [0.1, 0.15) is 0 Å².